The Bertz CT molecular complexity index is 787. The molecule has 0 saturated heterocycles. The molecule has 7 heteroatoms. The highest BCUT2D eigenvalue weighted by Crippen LogP contribution is 2.38. The molecule has 0 spiro atoms. The standard InChI is InChI=1S/C31H54O6Si/c1-10-26(37-38(8,9)31(3,4)5)22-23-28(29(24-32)35-6)27(25(2)33)20-18-16-14-12-11-13-15-17-19-21-30(34)36-7/h11-12,15-18,22-23,26-29,32H,10,13-14,19-21,24H2,1-9H3. The van der Waals surface area contributed by atoms with E-state index in [0.717, 1.165) is 19.3 Å². The molecule has 0 fully saturated rings. The van der Waals surface area contributed by atoms with Gasteiger partial charge >= 0.3 is 5.97 Å². The number of Topliss-reactive ketones (excluding diaryl/α,β-unsaturated/α-hetero) is 1. The van der Waals surface area contributed by atoms with Crippen LogP contribution in [0.15, 0.2) is 48.6 Å². The van der Waals surface area contributed by atoms with E-state index in [-0.39, 0.29) is 41.3 Å². The summed E-state index contributed by atoms with van der Waals surface area (Å²) in [6.07, 6.45) is 19.9. The normalized spacial score (nSPS) is 16.5. The van der Waals surface area contributed by atoms with Crippen LogP contribution in [0, 0.1) is 11.8 Å². The number of aliphatic hydroxyl groups is 1. The van der Waals surface area contributed by atoms with Gasteiger partial charge in [0.25, 0.3) is 0 Å². The highest BCUT2D eigenvalue weighted by Gasteiger charge is 2.38. The van der Waals surface area contributed by atoms with E-state index < -0.39 is 14.4 Å². The van der Waals surface area contributed by atoms with Gasteiger partial charge in [-0.25, -0.2) is 0 Å². The second kappa shape index (κ2) is 19.3. The molecular weight excluding hydrogens is 496 g/mol. The third-order valence-corrected chi connectivity index (χ3v) is 11.8. The Morgan fingerprint density at radius 2 is 1.53 bits per heavy atom. The fourth-order valence-electron chi connectivity index (χ4n) is 3.74. The molecule has 218 valence electrons. The van der Waals surface area contributed by atoms with Crippen molar-refractivity contribution in [2.45, 2.75) is 103 Å². The summed E-state index contributed by atoms with van der Waals surface area (Å²) >= 11 is 0. The van der Waals surface area contributed by atoms with Crippen LogP contribution in [0.25, 0.3) is 0 Å². The van der Waals surface area contributed by atoms with E-state index in [0.29, 0.717) is 19.3 Å². The van der Waals surface area contributed by atoms with Crippen molar-refractivity contribution in [1.29, 1.82) is 0 Å². The van der Waals surface area contributed by atoms with Crippen LogP contribution >= 0.6 is 0 Å². The highest BCUT2D eigenvalue weighted by atomic mass is 28.4. The van der Waals surface area contributed by atoms with Crippen LogP contribution in [-0.2, 0) is 23.5 Å². The lowest BCUT2D eigenvalue weighted by Crippen LogP contribution is -2.43. The van der Waals surface area contributed by atoms with E-state index in [2.05, 4.69) is 69.8 Å². The fourth-order valence-corrected chi connectivity index (χ4v) is 5.09. The summed E-state index contributed by atoms with van der Waals surface area (Å²) in [4.78, 5) is 23.8. The summed E-state index contributed by atoms with van der Waals surface area (Å²) in [5, 5.41) is 10.1. The topological polar surface area (TPSA) is 82.1 Å². The summed E-state index contributed by atoms with van der Waals surface area (Å²) in [7, 11) is 1.03. The van der Waals surface area contributed by atoms with Crippen molar-refractivity contribution < 1.29 is 28.6 Å². The molecule has 4 unspecified atom stereocenters. The molecule has 0 heterocycles. The molecule has 0 aromatic heterocycles. The molecule has 0 aliphatic rings. The zero-order chi connectivity index (χ0) is 29.2. The molecule has 38 heavy (non-hydrogen) atoms. The Kier molecular flexibility index (Phi) is 18.4. The van der Waals surface area contributed by atoms with Crippen molar-refractivity contribution >= 4 is 20.1 Å². The van der Waals surface area contributed by atoms with Crippen molar-refractivity contribution in [3.05, 3.63) is 48.6 Å². The van der Waals surface area contributed by atoms with Crippen molar-refractivity contribution in [3.63, 3.8) is 0 Å². The van der Waals surface area contributed by atoms with Crippen molar-refractivity contribution in [2.24, 2.45) is 11.8 Å². The summed E-state index contributed by atoms with van der Waals surface area (Å²) in [6.45, 7) is 14.7. The molecule has 0 aliphatic carbocycles. The largest absolute Gasteiger partial charge is 0.469 e. The summed E-state index contributed by atoms with van der Waals surface area (Å²) in [6, 6.07) is 0. The molecule has 0 rings (SSSR count). The van der Waals surface area contributed by atoms with Crippen LogP contribution < -0.4 is 0 Å². The van der Waals surface area contributed by atoms with E-state index >= 15 is 0 Å². The first-order chi connectivity index (χ1) is 17.8. The van der Waals surface area contributed by atoms with E-state index in [1.165, 1.54) is 7.11 Å². The Balaban J connectivity index is 5.24. The Hall–Kier alpha value is -1.80. The average molecular weight is 551 g/mol. The number of rotatable bonds is 19. The Morgan fingerprint density at radius 1 is 0.947 bits per heavy atom. The second-order valence-electron chi connectivity index (χ2n) is 11.2. The first-order valence-corrected chi connectivity index (χ1v) is 16.8. The molecule has 1 N–H and O–H groups in total. The van der Waals surface area contributed by atoms with Crippen molar-refractivity contribution in [1.82, 2.24) is 0 Å². The van der Waals surface area contributed by atoms with Crippen LogP contribution in [0.4, 0.5) is 0 Å². The number of hydrogen-bond acceptors (Lipinski definition) is 6. The number of esters is 1. The quantitative estimate of drug-likeness (QED) is 0.106. The molecular formula is C31H54O6Si. The lowest BCUT2D eigenvalue weighted by molar-refractivity contribution is -0.140. The van der Waals surface area contributed by atoms with Gasteiger partial charge in [0.1, 0.15) is 5.78 Å². The summed E-state index contributed by atoms with van der Waals surface area (Å²) in [5.41, 5.74) is 0. The number of carbonyl (C=O) groups excluding carboxylic acids is 2. The van der Waals surface area contributed by atoms with Gasteiger partial charge in [-0.05, 0) is 57.2 Å². The van der Waals surface area contributed by atoms with E-state index in [1.54, 1.807) is 14.0 Å². The van der Waals surface area contributed by atoms with Gasteiger partial charge in [0.15, 0.2) is 8.32 Å². The molecule has 4 atom stereocenters. The molecule has 0 aromatic rings. The van der Waals surface area contributed by atoms with Crippen LogP contribution in [0.3, 0.4) is 0 Å². The van der Waals surface area contributed by atoms with Crippen LogP contribution in [0.1, 0.15) is 73.1 Å². The minimum atomic E-state index is -1.95. The number of hydrogen-bond donors (Lipinski definition) is 1. The zero-order valence-electron chi connectivity index (χ0n) is 25.4. The second-order valence-corrected chi connectivity index (χ2v) is 16.0. The maximum Gasteiger partial charge on any atom is 0.305 e. The lowest BCUT2D eigenvalue weighted by Gasteiger charge is -2.38. The number of aliphatic hydroxyl groups excluding tert-OH is 1. The fraction of sp³-hybridized carbons (Fsp3) is 0.677. The Morgan fingerprint density at radius 3 is 2.00 bits per heavy atom. The predicted octanol–water partition coefficient (Wildman–Crippen LogP) is 6.96. The van der Waals surface area contributed by atoms with Gasteiger partial charge in [0, 0.05) is 25.4 Å². The monoisotopic (exact) mass is 550 g/mol. The number of ether oxygens (including phenoxy) is 2. The lowest BCUT2D eigenvalue weighted by atomic mass is 9.82. The van der Waals surface area contributed by atoms with Gasteiger partial charge < -0.3 is 19.0 Å². The van der Waals surface area contributed by atoms with Gasteiger partial charge in [-0.15, -0.1) is 0 Å². The number of carbonyl (C=O) groups is 2. The SMILES string of the molecule is CCC(C=CC(C(CO)OC)C(CC=CCC=CCC=CCCC(=O)OC)C(C)=O)O[Si](C)(C)C(C)(C)C. The van der Waals surface area contributed by atoms with Gasteiger partial charge in [-0.1, -0.05) is 76.3 Å². The van der Waals surface area contributed by atoms with Gasteiger partial charge in [-0.3, -0.25) is 9.59 Å². The third kappa shape index (κ3) is 14.4. The molecule has 0 bridgehead atoms. The van der Waals surface area contributed by atoms with Crippen LogP contribution in [0.2, 0.25) is 18.1 Å². The van der Waals surface area contributed by atoms with Gasteiger partial charge in [0.2, 0.25) is 0 Å². The van der Waals surface area contributed by atoms with E-state index in [4.69, 9.17) is 9.16 Å². The molecule has 0 saturated carbocycles. The van der Waals surface area contributed by atoms with Gasteiger partial charge in [-0.2, -0.15) is 0 Å². The van der Waals surface area contributed by atoms with Crippen LogP contribution in [0.5, 0.6) is 0 Å². The number of methoxy groups -OCH3 is 2. The average Bonchev–Trinajstić information content (AvgIpc) is 2.85. The molecule has 0 aromatic carbocycles. The molecule has 0 radical (unpaired) electrons. The van der Waals surface area contributed by atoms with Crippen LogP contribution in [-0.4, -0.2) is 58.2 Å². The maximum atomic E-state index is 12.7. The van der Waals surface area contributed by atoms with E-state index in [1.807, 2.05) is 24.3 Å². The summed E-state index contributed by atoms with van der Waals surface area (Å²) in [5.74, 6) is -0.676. The minimum Gasteiger partial charge on any atom is -0.469 e. The Labute approximate surface area is 233 Å². The molecule has 6 nitrogen and oxygen atoms in total. The van der Waals surface area contributed by atoms with Crippen molar-refractivity contribution in [3.8, 4) is 0 Å². The van der Waals surface area contributed by atoms with E-state index in [9.17, 15) is 14.7 Å². The van der Waals surface area contributed by atoms with Gasteiger partial charge in [0.05, 0.1) is 25.9 Å². The molecule has 0 amide bonds. The molecule has 0 aliphatic heterocycles. The first-order valence-electron chi connectivity index (χ1n) is 13.9. The smallest absolute Gasteiger partial charge is 0.305 e. The van der Waals surface area contributed by atoms with Crippen molar-refractivity contribution in [2.75, 3.05) is 20.8 Å². The first kappa shape index (κ1) is 36.2. The highest BCUT2D eigenvalue weighted by molar-refractivity contribution is 6.74. The summed E-state index contributed by atoms with van der Waals surface area (Å²) < 4.78 is 16.8. The zero-order valence-corrected chi connectivity index (χ0v) is 26.4. The maximum absolute atomic E-state index is 12.7. The predicted molar refractivity (Wildman–Crippen MR) is 160 cm³/mol. The minimum absolute atomic E-state index is 0.0441. The number of allylic oxidation sites excluding steroid dienone is 6. The number of ketones is 1. The third-order valence-electron chi connectivity index (χ3n) is 7.28.